The third kappa shape index (κ3) is 3.58. The normalized spacial score (nSPS) is 10.9. The maximum absolute atomic E-state index is 12.2. The van der Waals surface area contributed by atoms with Crippen LogP contribution in [-0.2, 0) is 16.4 Å². The summed E-state index contributed by atoms with van der Waals surface area (Å²) in [6.45, 7) is 2.24. The lowest BCUT2D eigenvalue weighted by molar-refractivity contribution is 0.603. The summed E-state index contributed by atoms with van der Waals surface area (Å²) < 4.78 is 27.1. The summed E-state index contributed by atoms with van der Waals surface area (Å²) in [6.07, 6.45) is 2.34. The lowest BCUT2D eigenvalue weighted by atomic mass is 10.4. The minimum atomic E-state index is -3.57. The van der Waals surface area contributed by atoms with Gasteiger partial charge >= 0.3 is 0 Å². The van der Waals surface area contributed by atoms with Crippen molar-refractivity contribution in [3.05, 3.63) is 28.1 Å². The predicted molar refractivity (Wildman–Crippen MR) is 82.6 cm³/mol. The summed E-state index contributed by atoms with van der Waals surface area (Å²) in [5.41, 5.74) is 5.28. The van der Waals surface area contributed by atoms with Crippen molar-refractivity contribution in [1.29, 1.82) is 0 Å². The van der Waals surface area contributed by atoms with Gasteiger partial charge in [0.25, 0.3) is 10.0 Å². The first-order chi connectivity index (χ1) is 9.55. The van der Waals surface area contributed by atoms with Gasteiger partial charge in [-0.15, -0.1) is 11.3 Å². The van der Waals surface area contributed by atoms with Crippen LogP contribution < -0.4 is 10.5 Å². The van der Waals surface area contributed by atoms with E-state index >= 15 is 0 Å². The molecule has 106 valence electrons. The van der Waals surface area contributed by atoms with Gasteiger partial charge in [-0.2, -0.15) is 0 Å². The Bertz CT molecular complexity index is 750. The molecule has 3 N–H and O–H groups in total. The van der Waals surface area contributed by atoms with Crippen LogP contribution in [0.2, 0.25) is 0 Å². The van der Waals surface area contributed by atoms with Gasteiger partial charge in [-0.1, -0.05) is 30.1 Å². The second-order valence-corrected chi connectivity index (χ2v) is 7.82. The average Bonchev–Trinajstić information content (AvgIpc) is 3.04. The van der Waals surface area contributed by atoms with Crippen LogP contribution in [-0.4, -0.2) is 19.9 Å². The van der Waals surface area contributed by atoms with Crippen molar-refractivity contribution >= 4 is 37.8 Å². The van der Waals surface area contributed by atoms with Crippen molar-refractivity contribution in [3.8, 4) is 11.8 Å². The molecular weight excluding hydrogens is 314 g/mol. The number of aromatic nitrogens is 1. The number of hydrogen-bond donors (Lipinski definition) is 2. The van der Waals surface area contributed by atoms with E-state index in [0.717, 1.165) is 11.3 Å². The van der Waals surface area contributed by atoms with E-state index in [0.29, 0.717) is 14.2 Å². The Kier molecular flexibility index (Phi) is 4.77. The molecule has 0 spiro atoms. The van der Waals surface area contributed by atoms with E-state index in [2.05, 4.69) is 21.5 Å². The summed E-state index contributed by atoms with van der Waals surface area (Å²) in [4.78, 5) is 5.70. The Balaban J connectivity index is 2.17. The van der Waals surface area contributed by atoms with Crippen LogP contribution in [0.5, 0.6) is 0 Å². The van der Waals surface area contributed by atoms with E-state index in [1.165, 1.54) is 28.9 Å². The zero-order chi connectivity index (χ0) is 14.6. The van der Waals surface area contributed by atoms with E-state index in [1.807, 2.05) is 13.0 Å². The maximum Gasteiger partial charge on any atom is 0.273 e. The van der Waals surface area contributed by atoms with Crippen molar-refractivity contribution in [2.45, 2.75) is 17.6 Å². The summed E-state index contributed by atoms with van der Waals surface area (Å²) in [6, 6.07) is 3.42. The van der Waals surface area contributed by atoms with Crippen LogP contribution in [0.4, 0.5) is 5.13 Å². The van der Waals surface area contributed by atoms with E-state index < -0.39 is 10.0 Å². The molecule has 0 aromatic carbocycles. The third-order valence-electron chi connectivity index (χ3n) is 2.29. The number of nitrogens with two attached hydrogens (primary N) is 1. The van der Waals surface area contributed by atoms with Crippen LogP contribution in [0.15, 0.2) is 22.5 Å². The topological polar surface area (TPSA) is 85.1 Å². The van der Waals surface area contributed by atoms with E-state index in [9.17, 15) is 8.42 Å². The quantitative estimate of drug-likeness (QED) is 0.840. The molecular formula is C12H13N3O2S3. The van der Waals surface area contributed by atoms with Crippen molar-refractivity contribution in [2.24, 2.45) is 5.73 Å². The average molecular weight is 327 g/mol. The van der Waals surface area contributed by atoms with Crippen LogP contribution in [0.3, 0.4) is 0 Å². The molecule has 0 bridgehead atoms. The van der Waals surface area contributed by atoms with Crippen LogP contribution in [0.1, 0.15) is 16.7 Å². The maximum atomic E-state index is 12.2. The van der Waals surface area contributed by atoms with Crippen molar-refractivity contribution in [3.63, 3.8) is 0 Å². The summed E-state index contributed by atoms with van der Waals surface area (Å²) in [7, 11) is -3.57. The molecule has 5 nitrogen and oxygen atoms in total. The van der Waals surface area contributed by atoms with Gasteiger partial charge in [0.2, 0.25) is 0 Å². The zero-order valence-corrected chi connectivity index (χ0v) is 13.2. The Morgan fingerprint density at radius 1 is 1.40 bits per heavy atom. The van der Waals surface area contributed by atoms with Crippen LogP contribution in [0, 0.1) is 11.8 Å². The molecule has 0 fully saturated rings. The van der Waals surface area contributed by atoms with Crippen molar-refractivity contribution < 1.29 is 8.42 Å². The first kappa shape index (κ1) is 15.0. The highest BCUT2D eigenvalue weighted by Crippen LogP contribution is 2.26. The molecule has 0 saturated heterocycles. The van der Waals surface area contributed by atoms with Gasteiger partial charge in [-0.3, -0.25) is 4.72 Å². The van der Waals surface area contributed by atoms with Gasteiger partial charge in [-0.25, -0.2) is 13.4 Å². The molecule has 2 aromatic rings. The van der Waals surface area contributed by atoms with Gasteiger partial charge in [0.1, 0.15) is 4.21 Å². The molecule has 0 aliphatic carbocycles. The standard InChI is InChI=1S/C12H13N3O2S3/c1-2-9-5-6-11(18-9)20(16,17)15-12-14-8-10(19-12)4-3-7-13/h5-6,8H,2,7,13H2,1H3,(H,14,15). The smallest absolute Gasteiger partial charge is 0.273 e. The van der Waals surface area contributed by atoms with Crippen LogP contribution in [0.25, 0.3) is 0 Å². The van der Waals surface area contributed by atoms with E-state index in [4.69, 9.17) is 5.73 Å². The monoisotopic (exact) mass is 327 g/mol. The minimum absolute atomic E-state index is 0.258. The molecule has 0 saturated carbocycles. The Labute approximate surface area is 125 Å². The number of hydrogen-bond acceptors (Lipinski definition) is 6. The van der Waals surface area contributed by atoms with Crippen molar-refractivity contribution in [1.82, 2.24) is 4.98 Å². The molecule has 0 radical (unpaired) electrons. The zero-order valence-electron chi connectivity index (χ0n) is 10.7. The Morgan fingerprint density at radius 2 is 2.20 bits per heavy atom. The number of nitrogens with one attached hydrogen (secondary N) is 1. The second kappa shape index (κ2) is 6.37. The molecule has 8 heteroatoms. The first-order valence-corrected chi connectivity index (χ1v) is 8.93. The van der Waals surface area contributed by atoms with E-state index in [-0.39, 0.29) is 6.54 Å². The lowest BCUT2D eigenvalue weighted by Gasteiger charge is -2.01. The molecule has 0 aliphatic heterocycles. The fourth-order valence-electron chi connectivity index (χ4n) is 1.38. The highest BCUT2D eigenvalue weighted by molar-refractivity contribution is 7.94. The SMILES string of the molecule is CCc1ccc(S(=O)(=O)Nc2ncc(C#CCN)s2)s1. The summed E-state index contributed by atoms with van der Waals surface area (Å²) in [5, 5.41) is 0.303. The number of anilines is 1. The molecule has 2 rings (SSSR count). The fraction of sp³-hybridized carbons (Fsp3) is 0.250. The van der Waals surface area contributed by atoms with Gasteiger partial charge in [0.05, 0.1) is 17.6 Å². The summed E-state index contributed by atoms with van der Waals surface area (Å²) in [5.74, 6) is 5.51. The fourth-order valence-corrected chi connectivity index (χ4v) is 4.60. The first-order valence-electron chi connectivity index (χ1n) is 5.81. The van der Waals surface area contributed by atoms with Crippen molar-refractivity contribution in [2.75, 3.05) is 11.3 Å². The lowest BCUT2D eigenvalue weighted by Crippen LogP contribution is -2.10. The number of rotatable bonds is 4. The Morgan fingerprint density at radius 3 is 2.85 bits per heavy atom. The molecule has 2 aromatic heterocycles. The molecule has 0 amide bonds. The van der Waals surface area contributed by atoms with Gasteiger partial charge in [0.15, 0.2) is 5.13 Å². The van der Waals surface area contributed by atoms with E-state index in [1.54, 1.807) is 6.07 Å². The molecule has 2 heterocycles. The second-order valence-electron chi connectivity index (χ2n) is 3.72. The molecule has 0 unspecified atom stereocenters. The number of thiazole rings is 1. The number of aryl methyl sites for hydroxylation is 1. The van der Waals surface area contributed by atoms with Gasteiger partial charge < -0.3 is 5.73 Å². The third-order valence-corrected chi connectivity index (χ3v) is 6.31. The Hall–Kier alpha value is -1.40. The number of nitrogens with zero attached hydrogens (tertiary/aromatic N) is 1. The van der Waals surface area contributed by atoms with Crippen LogP contribution >= 0.6 is 22.7 Å². The van der Waals surface area contributed by atoms with Gasteiger partial charge in [0, 0.05) is 4.88 Å². The minimum Gasteiger partial charge on any atom is -0.320 e. The number of sulfonamides is 1. The van der Waals surface area contributed by atoms with Gasteiger partial charge in [-0.05, 0) is 18.6 Å². The summed E-state index contributed by atoms with van der Waals surface area (Å²) >= 11 is 2.44. The molecule has 0 aliphatic rings. The number of thiophene rings is 1. The molecule has 20 heavy (non-hydrogen) atoms. The highest BCUT2D eigenvalue weighted by atomic mass is 32.2. The molecule has 0 atom stereocenters. The highest BCUT2D eigenvalue weighted by Gasteiger charge is 2.18. The predicted octanol–water partition coefficient (Wildman–Crippen LogP) is 1.88. The largest absolute Gasteiger partial charge is 0.320 e.